The van der Waals surface area contributed by atoms with Gasteiger partial charge < -0.3 is 5.32 Å². The Balaban J connectivity index is 2.07. The molecule has 0 atom stereocenters. The van der Waals surface area contributed by atoms with Gasteiger partial charge in [-0.05, 0) is 26.4 Å². The summed E-state index contributed by atoms with van der Waals surface area (Å²) in [7, 11) is 1.89. The highest BCUT2D eigenvalue weighted by Crippen LogP contribution is 2.20. The van der Waals surface area contributed by atoms with Gasteiger partial charge >= 0.3 is 0 Å². The van der Waals surface area contributed by atoms with E-state index in [9.17, 15) is 0 Å². The number of rotatable bonds is 2. The number of nitrogens with zero attached hydrogens (tertiary/aromatic N) is 3. The van der Waals surface area contributed by atoms with Crippen LogP contribution < -0.4 is 5.32 Å². The van der Waals surface area contributed by atoms with Crippen molar-refractivity contribution in [2.24, 2.45) is 7.05 Å². The Morgan fingerprint density at radius 1 is 1.38 bits per heavy atom. The summed E-state index contributed by atoms with van der Waals surface area (Å²) in [5.41, 5.74) is 2.22. The highest BCUT2D eigenvalue weighted by Gasteiger charge is 2.15. The molecule has 5 heteroatoms. The lowest BCUT2D eigenvalue weighted by atomic mass is 10.2. The summed E-state index contributed by atoms with van der Waals surface area (Å²) in [5.74, 6) is 0. The van der Waals surface area contributed by atoms with Crippen molar-refractivity contribution in [2.75, 3.05) is 26.2 Å². The molecule has 1 aromatic rings. The van der Waals surface area contributed by atoms with E-state index in [1.165, 1.54) is 12.0 Å². The molecule has 2 heterocycles. The van der Waals surface area contributed by atoms with Crippen LogP contribution in [0.5, 0.6) is 0 Å². The summed E-state index contributed by atoms with van der Waals surface area (Å²) in [6.45, 7) is 7.35. The lowest BCUT2D eigenvalue weighted by molar-refractivity contribution is 0.284. The molecule has 2 rings (SSSR count). The molecule has 4 nitrogen and oxygen atoms in total. The number of hydrogen-bond acceptors (Lipinski definition) is 3. The third-order valence-electron chi connectivity index (χ3n) is 3.08. The standard InChI is InChI=1S/C11H19ClN4/c1-9-10(11(12)15(2)14-9)8-16-6-3-4-13-5-7-16/h13H,3-8H2,1-2H3. The van der Waals surface area contributed by atoms with E-state index in [0.717, 1.165) is 43.6 Å². The van der Waals surface area contributed by atoms with Gasteiger partial charge in [-0.3, -0.25) is 9.58 Å². The van der Waals surface area contributed by atoms with E-state index >= 15 is 0 Å². The SMILES string of the molecule is Cc1nn(C)c(Cl)c1CN1CCCNCC1. The van der Waals surface area contributed by atoms with Crippen LogP contribution in [0.25, 0.3) is 0 Å². The van der Waals surface area contributed by atoms with Crippen molar-refractivity contribution in [3.05, 3.63) is 16.4 Å². The molecule has 0 amide bonds. The quantitative estimate of drug-likeness (QED) is 0.846. The normalized spacial score (nSPS) is 18.7. The van der Waals surface area contributed by atoms with Crippen molar-refractivity contribution in [1.29, 1.82) is 0 Å². The van der Waals surface area contributed by atoms with Crippen LogP contribution in [0.15, 0.2) is 0 Å². The van der Waals surface area contributed by atoms with Gasteiger partial charge in [-0.1, -0.05) is 11.6 Å². The molecule has 1 aromatic heterocycles. The molecule has 0 bridgehead atoms. The molecule has 0 saturated carbocycles. The van der Waals surface area contributed by atoms with Crippen LogP contribution in [0.2, 0.25) is 5.15 Å². The van der Waals surface area contributed by atoms with Gasteiger partial charge in [-0.25, -0.2) is 0 Å². The average molecular weight is 243 g/mol. The van der Waals surface area contributed by atoms with Crippen LogP contribution >= 0.6 is 11.6 Å². The van der Waals surface area contributed by atoms with E-state index < -0.39 is 0 Å². The van der Waals surface area contributed by atoms with Crippen molar-refractivity contribution in [1.82, 2.24) is 20.0 Å². The Morgan fingerprint density at radius 2 is 2.19 bits per heavy atom. The summed E-state index contributed by atoms with van der Waals surface area (Å²) in [6.07, 6.45) is 1.21. The maximum atomic E-state index is 6.23. The van der Waals surface area contributed by atoms with E-state index in [4.69, 9.17) is 11.6 Å². The van der Waals surface area contributed by atoms with E-state index in [1.807, 2.05) is 14.0 Å². The van der Waals surface area contributed by atoms with Gasteiger partial charge in [0.25, 0.3) is 0 Å². The van der Waals surface area contributed by atoms with Crippen molar-refractivity contribution < 1.29 is 0 Å². The molecule has 0 radical (unpaired) electrons. The zero-order valence-electron chi connectivity index (χ0n) is 9.96. The molecule has 0 aromatic carbocycles. The molecule has 0 unspecified atom stereocenters. The summed E-state index contributed by atoms with van der Waals surface area (Å²) in [4.78, 5) is 2.44. The molecular weight excluding hydrogens is 224 g/mol. The van der Waals surface area contributed by atoms with Crippen LogP contribution in [-0.4, -0.2) is 40.9 Å². The highest BCUT2D eigenvalue weighted by atomic mass is 35.5. The minimum atomic E-state index is 0.773. The summed E-state index contributed by atoms with van der Waals surface area (Å²) in [6, 6.07) is 0. The Hall–Kier alpha value is -0.580. The van der Waals surface area contributed by atoms with Crippen molar-refractivity contribution >= 4 is 11.6 Å². The first-order valence-electron chi connectivity index (χ1n) is 5.79. The first kappa shape index (κ1) is 11.9. The third kappa shape index (κ3) is 2.56. The van der Waals surface area contributed by atoms with Gasteiger partial charge in [0, 0.05) is 32.2 Å². The van der Waals surface area contributed by atoms with Crippen molar-refractivity contribution in [3.8, 4) is 0 Å². The van der Waals surface area contributed by atoms with E-state index in [2.05, 4.69) is 15.3 Å². The second-order valence-electron chi connectivity index (χ2n) is 4.36. The third-order valence-corrected chi connectivity index (χ3v) is 3.56. The fourth-order valence-corrected chi connectivity index (χ4v) is 2.37. The Bertz CT molecular complexity index is 353. The number of halogens is 1. The molecule has 1 aliphatic rings. The molecule has 1 N–H and O–H groups in total. The first-order valence-corrected chi connectivity index (χ1v) is 6.17. The lowest BCUT2D eigenvalue weighted by Gasteiger charge is -2.19. The van der Waals surface area contributed by atoms with Crippen LogP contribution in [0, 0.1) is 6.92 Å². The molecule has 0 spiro atoms. The average Bonchev–Trinajstić information content (AvgIpc) is 2.51. The first-order chi connectivity index (χ1) is 7.68. The van der Waals surface area contributed by atoms with Crippen molar-refractivity contribution in [3.63, 3.8) is 0 Å². The fourth-order valence-electron chi connectivity index (χ4n) is 2.14. The maximum Gasteiger partial charge on any atom is 0.131 e. The Kier molecular flexibility index (Phi) is 3.84. The largest absolute Gasteiger partial charge is 0.315 e. The zero-order chi connectivity index (χ0) is 11.5. The summed E-state index contributed by atoms with van der Waals surface area (Å²) < 4.78 is 1.75. The molecule has 1 saturated heterocycles. The number of aromatic nitrogens is 2. The van der Waals surface area contributed by atoms with Crippen LogP contribution in [0.3, 0.4) is 0 Å². The Labute approximate surface area is 102 Å². The van der Waals surface area contributed by atoms with Crippen LogP contribution in [0.4, 0.5) is 0 Å². The number of nitrogens with one attached hydrogen (secondary N) is 1. The van der Waals surface area contributed by atoms with Gasteiger partial charge in [0.1, 0.15) is 5.15 Å². The topological polar surface area (TPSA) is 33.1 Å². The van der Waals surface area contributed by atoms with E-state index in [1.54, 1.807) is 4.68 Å². The maximum absolute atomic E-state index is 6.23. The smallest absolute Gasteiger partial charge is 0.131 e. The number of hydrogen-bond donors (Lipinski definition) is 1. The van der Waals surface area contributed by atoms with Crippen molar-refractivity contribution in [2.45, 2.75) is 19.9 Å². The monoisotopic (exact) mass is 242 g/mol. The minimum absolute atomic E-state index is 0.773. The van der Waals surface area contributed by atoms with Gasteiger partial charge in [0.15, 0.2) is 0 Å². The molecular formula is C11H19ClN4. The van der Waals surface area contributed by atoms with Gasteiger partial charge in [-0.15, -0.1) is 0 Å². The lowest BCUT2D eigenvalue weighted by Crippen LogP contribution is -2.27. The predicted octanol–water partition coefficient (Wildman–Crippen LogP) is 1.18. The minimum Gasteiger partial charge on any atom is -0.315 e. The second-order valence-corrected chi connectivity index (χ2v) is 4.72. The summed E-state index contributed by atoms with van der Waals surface area (Å²) >= 11 is 6.23. The van der Waals surface area contributed by atoms with Gasteiger partial charge in [0.2, 0.25) is 0 Å². The van der Waals surface area contributed by atoms with Crippen LogP contribution in [0.1, 0.15) is 17.7 Å². The summed E-state index contributed by atoms with van der Waals surface area (Å²) in [5, 5.41) is 8.52. The zero-order valence-corrected chi connectivity index (χ0v) is 10.7. The van der Waals surface area contributed by atoms with Crippen LogP contribution in [-0.2, 0) is 13.6 Å². The number of aryl methyl sites for hydroxylation is 2. The van der Waals surface area contributed by atoms with E-state index in [-0.39, 0.29) is 0 Å². The fraction of sp³-hybridized carbons (Fsp3) is 0.727. The van der Waals surface area contributed by atoms with Gasteiger partial charge in [-0.2, -0.15) is 5.10 Å². The predicted molar refractivity (Wildman–Crippen MR) is 65.7 cm³/mol. The van der Waals surface area contributed by atoms with E-state index in [0.29, 0.717) is 0 Å². The second kappa shape index (κ2) is 5.17. The Morgan fingerprint density at radius 3 is 2.88 bits per heavy atom. The van der Waals surface area contributed by atoms with Gasteiger partial charge in [0.05, 0.1) is 5.69 Å². The molecule has 1 aliphatic heterocycles. The molecule has 16 heavy (non-hydrogen) atoms. The molecule has 0 aliphatic carbocycles. The molecule has 1 fully saturated rings. The highest BCUT2D eigenvalue weighted by molar-refractivity contribution is 6.30. The molecule has 90 valence electrons.